The first-order valence-electron chi connectivity index (χ1n) is 5.18. The normalized spacial score (nSPS) is 10.3. The van der Waals surface area contributed by atoms with Crippen molar-refractivity contribution < 1.29 is 14.3 Å². The van der Waals surface area contributed by atoms with Gasteiger partial charge in [0.05, 0.1) is 5.56 Å². The molecule has 1 aromatic heterocycles. The fourth-order valence-electron chi connectivity index (χ4n) is 1.66. The molecule has 0 radical (unpaired) electrons. The van der Waals surface area contributed by atoms with E-state index in [1.165, 1.54) is 36.7 Å². The van der Waals surface area contributed by atoms with Crippen LogP contribution in [0.5, 0.6) is 0 Å². The van der Waals surface area contributed by atoms with Gasteiger partial charge < -0.3 is 5.11 Å². The lowest BCUT2D eigenvalue weighted by atomic mass is 10.0. The van der Waals surface area contributed by atoms with Crippen molar-refractivity contribution in [3.8, 4) is 0 Å². The largest absolute Gasteiger partial charge is 0.478 e. The van der Waals surface area contributed by atoms with Gasteiger partial charge in [0.1, 0.15) is 5.82 Å². The Bertz CT molecular complexity index is 601. The van der Waals surface area contributed by atoms with Crippen LogP contribution in [0.3, 0.4) is 0 Å². The monoisotopic (exact) mass is 265 g/mol. The predicted molar refractivity (Wildman–Crippen MR) is 65.4 cm³/mol. The number of aromatic nitrogens is 1. The molecule has 0 fully saturated rings. The Morgan fingerprint density at radius 2 is 2.11 bits per heavy atom. The molecule has 0 saturated carbocycles. The Morgan fingerprint density at radius 1 is 1.33 bits per heavy atom. The van der Waals surface area contributed by atoms with Crippen LogP contribution in [0, 0.1) is 5.82 Å². The Kier molecular flexibility index (Phi) is 3.58. The van der Waals surface area contributed by atoms with Crippen LogP contribution in [0.25, 0.3) is 0 Å². The molecule has 5 heteroatoms. The van der Waals surface area contributed by atoms with Crippen molar-refractivity contribution in [3.05, 3.63) is 64.2 Å². The molecule has 0 amide bonds. The summed E-state index contributed by atoms with van der Waals surface area (Å²) in [6, 6.07) is 5.40. The smallest absolute Gasteiger partial charge is 0.336 e. The first-order valence-corrected chi connectivity index (χ1v) is 5.56. The number of nitrogens with zero attached hydrogens (tertiary/aromatic N) is 1. The topological polar surface area (TPSA) is 50.2 Å². The number of rotatable bonds is 3. The first kappa shape index (κ1) is 12.5. The summed E-state index contributed by atoms with van der Waals surface area (Å²) in [5.41, 5.74) is 1.18. The molecule has 18 heavy (non-hydrogen) atoms. The van der Waals surface area contributed by atoms with E-state index < -0.39 is 11.8 Å². The summed E-state index contributed by atoms with van der Waals surface area (Å²) in [7, 11) is 0. The standard InChI is InChI=1S/C13H9ClFNO2/c14-12-2-1-10(15)6-8(12)5-9-7-16-4-3-11(9)13(17)18/h1-4,6-7H,5H2,(H,17,18). The summed E-state index contributed by atoms with van der Waals surface area (Å²) in [6.45, 7) is 0. The maximum absolute atomic E-state index is 13.1. The number of benzene rings is 1. The minimum Gasteiger partial charge on any atom is -0.478 e. The zero-order chi connectivity index (χ0) is 13.1. The number of pyridine rings is 1. The lowest BCUT2D eigenvalue weighted by Gasteiger charge is -2.07. The average Bonchev–Trinajstić information content (AvgIpc) is 2.34. The zero-order valence-electron chi connectivity index (χ0n) is 9.23. The number of carbonyl (C=O) groups is 1. The van der Waals surface area contributed by atoms with E-state index in [1.807, 2.05) is 0 Å². The van der Waals surface area contributed by atoms with Crippen LogP contribution in [0.15, 0.2) is 36.7 Å². The molecule has 2 rings (SSSR count). The number of aromatic carboxylic acids is 1. The average molecular weight is 266 g/mol. The maximum atomic E-state index is 13.1. The maximum Gasteiger partial charge on any atom is 0.336 e. The third-order valence-electron chi connectivity index (χ3n) is 2.52. The van der Waals surface area contributed by atoms with Gasteiger partial charge in [-0.15, -0.1) is 0 Å². The molecule has 92 valence electrons. The van der Waals surface area contributed by atoms with Crippen molar-refractivity contribution in [1.82, 2.24) is 4.98 Å². The van der Waals surface area contributed by atoms with Crippen molar-refractivity contribution >= 4 is 17.6 Å². The second-order valence-electron chi connectivity index (χ2n) is 3.75. The number of hydrogen-bond donors (Lipinski definition) is 1. The third-order valence-corrected chi connectivity index (χ3v) is 2.89. The van der Waals surface area contributed by atoms with Gasteiger partial charge in [-0.1, -0.05) is 11.6 Å². The quantitative estimate of drug-likeness (QED) is 0.927. The SMILES string of the molecule is O=C(O)c1ccncc1Cc1cc(F)ccc1Cl. The third kappa shape index (κ3) is 2.65. The second kappa shape index (κ2) is 5.14. The minimum absolute atomic E-state index is 0.144. The van der Waals surface area contributed by atoms with Gasteiger partial charge in [0, 0.05) is 23.8 Å². The predicted octanol–water partition coefficient (Wildman–Crippen LogP) is 3.16. The van der Waals surface area contributed by atoms with Gasteiger partial charge >= 0.3 is 5.97 Å². The van der Waals surface area contributed by atoms with Crippen molar-refractivity contribution in [2.75, 3.05) is 0 Å². The molecule has 1 aromatic carbocycles. The summed E-state index contributed by atoms with van der Waals surface area (Å²) in [5, 5.41) is 9.43. The summed E-state index contributed by atoms with van der Waals surface area (Å²) in [4.78, 5) is 14.9. The van der Waals surface area contributed by atoms with Crippen LogP contribution in [0.4, 0.5) is 4.39 Å². The molecule has 2 aromatic rings. The van der Waals surface area contributed by atoms with Crippen LogP contribution >= 0.6 is 11.6 Å². The van der Waals surface area contributed by atoms with E-state index in [-0.39, 0.29) is 12.0 Å². The van der Waals surface area contributed by atoms with Crippen LogP contribution in [0.2, 0.25) is 5.02 Å². The minimum atomic E-state index is -1.04. The highest BCUT2D eigenvalue weighted by Crippen LogP contribution is 2.21. The molecule has 3 nitrogen and oxygen atoms in total. The molecule has 0 aliphatic heterocycles. The molecule has 0 aliphatic rings. The molecule has 0 unspecified atom stereocenters. The molecule has 1 N–H and O–H groups in total. The van der Waals surface area contributed by atoms with Gasteiger partial charge in [-0.3, -0.25) is 4.98 Å². The van der Waals surface area contributed by atoms with Crippen molar-refractivity contribution in [2.45, 2.75) is 6.42 Å². The summed E-state index contributed by atoms with van der Waals surface area (Å²) >= 11 is 5.94. The van der Waals surface area contributed by atoms with E-state index in [4.69, 9.17) is 16.7 Å². The number of halogens is 2. The molecule has 0 saturated heterocycles. The second-order valence-corrected chi connectivity index (χ2v) is 4.16. The van der Waals surface area contributed by atoms with Crippen molar-refractivity contribution in [2.24, 2.45) is 0 Å². The Hall–Kier alpha value is -1.94. The summed E-state index contributed by atoms with van der Waals surface area (Å²) in [5.74, 6) is -1.45. The molecule has 1 heterocycles. The van der Waals surface area contributed by atoms with Gasteiger partial charge in [-0.2, -0.15) is 0 Å². The Balaban J connectivity index is 2.40. The van der Waals surface area contributed by atoms with Gasteiger partial charge in [0.25, 0.3) is 0 Å². The van der Waals surface area contributed by atoms with Gasteiger partial charge in [0.2, 0.25) is 0 Å². The van der Waals surface area contributed by atoms with Gasteiger partial charge in [-0.25, -0.2) is 9.18 Å². The lowest BCUT2D eigenvalue weighted by Crippen LogP contribution is -2.04. The fourth-order valence-corrected chi connectivity index (χ4v) is 1.84. The van der Waals surface area contributed by atoms with Crippen molar-refractivity contribution in [3.63, 3.8) is 0 Å². The van der Waals surface area contributed by atoms with Gasteiger partial charge in [-0.05, 0) is 35.4 Å². The highest BCUT2D eigenvalue weighted by molar-refractivity contribution is 6.31. The highest BCUT2D eigenvalue weighted by Gasteiger charge is 2.12. The van der Waals surface area contributed by atoms with E-state index in [0.717, 1.165) is 0 Å². The summed E-state index contributed by atoms with van der Waals surface area (Å²) in [6.07, 6.45) is 3.08. The summed E-state index contributed by atoms with van der Waals surface area (Å²) < 4.78 is 13.1. The first-order chi connectivity index (χ1) is 8.58. The van der Waals surface area contributed by atoms with Gasteiger partial charge in [0.15, 0.2) is 0 Å². The van der Waals surface area contributed by atoms with E-state index in [0.29, 0.717) is 16.1 Å². The Labute approximate surface area is 108 Å². The molecule has 0 bridgehead atoms. The molecule has 0 atom stereocenters. The Morgan fingerprint density at radius 3 is 2.83 bits per heavy atom. The zero-order valence-corrected chi connectivity index (χ0v) is 9.99. The molecule has 0 spiro atoms. The van der Waals surface area contributed by atoms with E-state index in [9.17, 15) is 9.18 Å². The fraction of sp³-hybridized carbons (Fsp3) is 0.0769. The number of hydrogen-bond acceptors (Lipinski definition) is 2. The van der Waals surface area contributed by atoms with E-state index in [1.54, 1.807) is 0 Å². The van der Waals surface area contributed by atoms with Crippen molar-refractivity contribution in [1.29, 1.82) is 0 Å². The number of carboxylic acids is 1. The molecular weight excluding hydrogens is 257 g/mol. The number of carboxylic acid groups (broad SMARTS) is 1. The van der Waals surface area contributed by atoms with Crippen LogP contribution in [-0.4, -0.2) is 16.1 Å². The molecule has 0 aliphatic carbocycles. The van der Waals surface area contributed by atoms with E-state index >= 15 is 0 Å². The van der Waals surface area contributed by atoms with E-state index in [2.05, 4.69) is 4.98 Å². The molecular formula is C13H9ClFNO2. The van der Waals surface area contributed by atoms with Crippen LogP contribution in [0.1, 0.15) is 21.5 Å². The highest BCUT2D eigenvalue weighted by atomic mass is 35.5. The lowest BCUT2D eigenvalue weighted by molar-refractivity contribution is 0.0695. The van der Waals surface area contributed by atoms with Crippen LogP contribution in [-0.2, 0) is 6.42 Å². The van der Waals surface area contributed by atoms with Crippen LogP contribution < -0.4 is 0 Å².